The number of hydrogen-bond donors (Lipinski definition) is 2. The van der Waals surface area contributed by atoms with E-state index in [1.165, 1.54) is 0 Å². The Morgan fingerprint density at radius 1 is 1.03 bits per heavy atom. The highest BCUT2D eigenvalue weighted by atomic mass is 16.4. The maximum Gasteiger partial charge on any atom is 0.339 e. The van der Waals surface area contributed by atoms with Gasteiger partial charge in [-0.3, -0.25) is 4.79 Å². The molecule has 0 saturated heterocycles. The van der Waals surface area contributed by atoms with Crippen molar-refractivity contribution in [1.29, 1.82) is 0 Å². The van der Waals surface area contributed by atoms with Crippen LogP contribution >= 0.6 is 0 Å². The third kappa shape index (κ3) is 4.21. The minimum atomic E-state index is -1.08. The Morgan fingerprint density at radius 3 is 2.38 bits per heavy atom. The number of hydrogen-bond acceptors (Lipinski definition) is 5. The highest BCUT2D eigenvalue weighted by molar-refractivity contribution is 6.05. The summed E-state index contributed by atoms with van der Waals surface area (Å²) in [5, 5.41) is 13.5. The third-order valence-corrected chi connectivity index (χ3v) is 6.28. The molecule has 7 nitrogen and oxygen atoms in total. The molecule has 0 aliphatic heterocycles. The van der Waals surface area contributed by atoms with Gasteiger partial charge in [0.1, 0.15) is 17.2 Å². The Kier molecular flexibility index (Phi) is 6.28. The minimum Gasteiger partial charge on any atom is -0.480 e. The lowest BCUT2D eigenvalue weighted by Crippen LogP contribution is -2.44. The van der Waals surface area contributed by atoms with E-state index in [1.807, 2.05) is 50.2 Å². The molecule has 2 aromatic heterocycles. The Hall–Kier alpha value is -3.87. The third-order valence-electron chi connectivity index (χ3n) is 6.28. The second-order valence-electron chi connectivity index (χ2n) is 8.89. The number of amides is 1. The van der Waals surface area contributed by atoms with Crippen LogP contribution in [-0.2, 0) is 16.0 Å². The summed E-state index contributed by atoms with van der Waals surface area (Å²) in [5.74, 6) is -1.76. The van der Waals surface area contributed by atoms with Crippen molar-refractivity contribution in [3.8, 4) is 11.1 Å². The highest BCUT2D eigenvalue weighted by Crippen LogP contribution is 2.37. The topological polar surface area (TPSA) is 110 Å². The average Bonchev–Trinajstić information content (AvgIpc) is 3.23. The van der Waals surface area contributed by atoms with E-state index in [0.717, 1.165) is 33.0 Å². The molecule has 0 radical (unpaired) electrons. The fraction of sp³-hybridized carbons (Fsp3) is 0.296. The molecule has 7 heteroatoms. The lowest BCUT2D eigenvalue weighted by molar-refractivity contribution is -0.143. The Morgan fingerprint density at radius 2 is 1.74 bits per heavy atom. The van der Waals surface area contributed by atoms with Gasteiger partial charge in [-0.15, -0.1) is 0 Å². The maximum absolute atomic E-state index is 12.8. The molecule has 0 saturated carbocycles. The minimum absolute atomic E-state index is 0.0180. The summed E-state index contributed by atoms with van der Waals surface area (Å²) in [6.45, 7) is 7.15. The summed E-state index contributed by atoms with van der Waals surface area (Å²) in [7, 11) is 0. The average molecular weight is 462 g/mol. The van der Waals surface area contributed by atoms with E-state index < -0.39 is 23.5 Å². The van der Waals surface area contributed by atoms with E-state index in [1.54, 1.807) is 20.1 Å². The molecule has 0 aliphatic rings. The summed E-state index contributed by atoms with van der Waals surface area (Å²) in [6.07, 6.45) is 1.84. The van der Waals surface area contributed by atoms with Crippen LogP contribution in [0.3, 0.4) is 0 Å². The molecule has 0 spiro atoms. The van der Waals surface area contributed by atoms with Gasteiger partial charge in [0, 0.05) is 33.9 Å². The molecule has 1 amide bonds. The summed E-state index contributed by atoms with van der Waals surface area (Å²) >= 11 is 0. The van der Waals surface area contributed by atoms with Gasteiger partial charge >= 0.3 is 11.6 Å². The summed E-state index contributed by atoms with van der Waals surface area (Å²) in [6, 6.07) is 10.9. The summed E-state index contributed by atoms with van der Waals surface area (Å²) < 4.78 is 11.5. The van der Waals surface area contributed by atoms with Crippen molar-refractivity contribution in [2.45, 2.75) is 46.6 Å². The van der Waals surface area contributed by atoms with E-state index in [9.17, 15) is 19.5 Å². The van der Waals surface area contributed by atoms with Crippen molar-refractivity contribution in [2.24, 2.45) is 5.92 Å². The smallest absolute Gasteiger partial charge is 0.339 e. The molecule has 176 valence electrons. The first-order chi connectivity index (χ1) is 16.2. The molecule has 2 N–H and O–H groups in total. The van der Waals surface area contributed by atoms with Gasteiger partial charge in [0.25, 0.3) is 0 Å². The van der Waals surface area contributed by atoms with E-state index in [2.05, 4.69) is 5.32 Å². The van der Waals surface area contributed by atoms with Crippen LogP contribution in [-0.4, -0.2) is 23.0 Å². The van der Waals surface area contributed by atoms with E-state index in [-0.39, 0.29) is 18.8 Å². The number of carbonyl (C=O) groups excluding carboxylic acids is 1. The van der Waals surface area contributed by atoms with Crippen molar-refractivity contribution in [3.63, 3.8) is 0 Å². The van der Waals surface area contributed by atoms with Crippen molar-refractivity contribution in [2.75, 3.05) is 0 Å². The predicted molar refractivity (Wildman–Crippen MR) is 130 cm³/mol. The van der Waals surface area contributed by atoms with Gasteiger partial charge in [-0.1, -0.05) is 44.2 Å². The standard InChI is InChI=1S/C27H27NO6/c1-14(2)23(26(30)31)28-22(29)11-10-18-15(3)19-12-20-21(17-8-6-5-7-9-17)13-33-24(20)16(4)25(19)34-27(18)32/h5-9,12-14,23H,10-11H2,1-4H3,(H,28,29)(H,30,31). The Labute approximate surface area is 196 Å². The first-order valence-electron chi connectivity index (χ1n) is 11.2. The van der Waals surface area contributed by atoms with Gasteiger partial charge in [-0.2, -0.15) is 0 Å². The Bertz CT molecular complexity index is 1450. The zero-order chi connectivity index (χ0) is 24.6. The number of carbonyl (C=O) groups is 2. The molecule has 34 heavy (non-hydrogen) atoms. The monoisotopic (exact) mass is 461 g/mol. The molecule has 0 bridgehead atoms. The van der Waals surface area contributed by atoms with Crippen LogP contribution < -0.4 is 10.9 Å². The van der Waals surface area contributed by atoms with E-state index in [4.69, 9.17) is 8.83 Å². The van der Waals surface area contributed by atoms with E-state index >= 15 is 0 Å². The second-order valence-corrected chi connectivity index (χ2v) is 8.89. The predicted octanol–water partition coefficient (Wildman–Crippen LogP) is 4.98. The zero-order valence-corrected chi connectivity index (χ0v) is 19.6. The molecule has 4 aromatic rings. The fourth-order valence-electron chi connectivity index (χ4n) is 4.32. The van der Waals surface area contributed by atoms with E-state index in [0.29, 0.717) is 16.7 Å². The van der Waals surface area contributed by atoms with Gasteiger partial charge in [-0.05, 0) is 43.4 Å². The van der Waals surface area contributed by atoms with Crippen LogP contribution in [0.1, 0.15) is 37.0 Å². The van der Waals surface area contributed by atoms with Crippen LogP contribution in [0.15, 0.2) is 56.3 Å². The van der Waals surface area contributed by atoms with Crippen LogP contribution in [0.4, 0.5) is 0 Å². The molecule has 4 rings (SSSR count). The normalized spacial score (nSPS) is 12.4. The maximum atomic E-state index is 12.8. The zero-order valence-electron chi connectivity index (χ0n) is 19.6. The molecule has 1 unspecified atom stereocenters. The number of aryl methyl sites for hydroxylation is 2. The fourth-order valence-corrected chi connectivity index (χ4v) is 4.32. The molecule has 2 heterocycles. The van der Waals surface area contributed by atoms with Gasteiger partial charge in [0.15, 0.2) is 0 Å². The molecule has 1 atom stereocenters. The summed E-state index contributed by atoms with van der Waals surface area (Å²) in [5.41, 5.74) is 4.46. The first-order valence-corrected chi connectivity index (χ1v) is 11.2. The number of aliphatic carboxylic acids is 1. The largest absolute Gasteiger partial charge is 0.480 e. The number of benzene rings is 2. The first kappa shape index (κ1) is 23.3. The second kappa shape index (κ2) is 9.17. The van der Waals surface area contributed by atoms with Crippen LogP contribution in [0.25, 0.3) is 33.1 Å². The molecular weight excluding hydrogens is 434 g/mol. The van der Waals surface area contributed by atoms with Crippen molar-refractivity contribution in [3.05, 3.63) is 69.8 Å². The molecule has 0 aliphatic carbocycles. The molecular formula is C27H27NO6. The Balaban J connectivity index is 1.72. The number of carboxylic acid groups (broad SMARTS) is 1. The highest BCUT2D eigenvalue weighted by Gasteiger charge is 2.24. The van der Waals surface area contributed by atoms with Gasteiger partial charge in [0.2, 0.25) is 5.91 Å². The lowest BCUT2D eigenvalue weighted by atomic mass is 9.96. The van der Waals surface area contributed by atoms with Gasteiger partial charge in [0.05, 0.1) is 6.26 Å². The van der Waals surface area contributed by atoms with Crippen molar-refractivity contribution >= 4 is 33.8 Å². The van der Waals surface area contributed by atoms with Crippen molar-refractivity contribution in [1.82, 2.24) is 5.32 Å². The van der Waals surface area contributed by atoms with Crippen LogP contribution in [0, 0.1) is 19.8 Å². The van der Waals surface area contributed by atoms with Gasteiger partial charge in [-0.25, -0.2) is 9.59 Å². The van der Waals surface area contributed by atoms with Gasteiger partial charge < -0.3 is 19.3 Å². The van der Waals surface area contributed by atoms with Crippen LogP contribution in [0.5, 0.6) is 0 Å². The number of carboxylic acids is 1. The molecule has 0 fully saturated rings. The SMILES string of the molecule is Cc1c(CCC(=O)NC(C(=O)O)C(C)C)c(=O)oc2c(C)c3occ(-c4ccccc4)c3cc12. The number of furan rings is 1. The number of rotatable bonds is 7. The summed E-state index contributed by atoms with van der Waals surface area (Å²) in [4.78, 5) is 36.6. The molecule has 2 aromatic carbocycles. The lowest BCUT2D eigenvalue weighted by Gasteiger charge is -2.18. The number of nitrogens with one attached hydrogen (secondary N) is 1. The quantitative estimate of drug-likeness (QED) is 0.376. The van der Waals surface area contributed by atoms with Crippen molar-refractivity contribution < 1.29 is 23.5 Å². The van der Waals surface area contributed by atoms with Crippen LogP contribution in [0.2, 0.25) is 0 Å². The number of fused-ring (bicyclic) bond motifs is 2.